The molecule has 0 unspecified atom stereocenters. The SMILES string of the molecule is COc1cc(NC(=O)c2cccc(CN3CCOCC3)c2)c(OC)cc1Cl. The molecule has 2 aromatic carbocycles. The van der Waals surface area contributed by atoms with E-state index in [0.29, 0.717) is 27.8 Å². The molecule has 0 atom stereocenters. The van der Waals surface area contributed by atoms with Crippen molar-refractivity contribution in [2.75, 3.05) is 45.8 Å². The fourth-order valence-corrected chi connectivity index (χ4v) is 3.21. The molecule has 3 rings (SSSR count). The summed E-state index contributed by atoms with van der Waals surface area (Å²) in [6.45, 7) is 4.09. The van der Waals surface area contributed by atoms with Gasteiger partial charge in [-0.3, -0.25) is 9.69 Å². The number of nitrogens with one attached hydrogen (secondary N) is 1. The number of halogens is 1. The summed E-state index contributed by atoms with van der Waals surface area (Å²) in [5.41, 5.74) is 2.17. The Hall–Kier alpha value is -2.28. The maximum Gasteiger partial charge on any atom is 0.255 e. The summed E-state index contributed by atoms with van der Waals surface area (Å²) >= 11 is 6.12. The number of benzene rings is 2. The van der Waals surface area contributed by atoms with E-state index in [1.807, 2.05) is 18.2 Å². The molecule has 144 valence electrons. The lowest BCUT2D eigenvalue weighted by atomic mass is 10.1. The first-order valence-electron chi connectivity index (χ1n) is 8.72. The number of carbonyl (C=O) groups is 1. The molecule has 7 heteroatoms. The average Bonchev–Trinajstić information content (AvgIpc) is 2.70. The quantitative estimate of drug-likeness (QED) is 0.818. The Labute approximate surface area is 164 Å². The molecule has 1 heterocycles. The number of nitrogens with zero attached hydrogens (tertiary/aromatic N) is 1. The smallest absolute Gasteiger partial charge is 0.255 e. The van der Waals surface area contributed by atoms with Crippen LogP contribution in [-0.2, 0) is 11.3 Å². The summed E-state index contributed by atoms with van der Waals surface area (Å²) in [4.78, 5) is 15.1. The molecule has 1 amide bonds. The molecule has 1 aliphatic heterocycles. The van der Waals surface area contributed by atoms with Crippen LogP contribution < -0.4 is 14.8 Å². The van der Waals surface area contributed by atoms with Gasteiger partial charge in [-0.2, -0.15) is 0 Å². The van der Waals surface area contributed by atoms with Crippen molar-refractivity contribution in [1.82, 2.24) is 4.90 Å². The van der Waals surface area contributed by atoms with Gasteiger partial charge in [0.15, 0.2) is 0 Å². The largest absolute Gasteiger partial charge is 0.495 e. The Morgan fingerprint density at radius 2 is 1.89 bits per heavy atom. The maximum absolute atomic E-state index is 12.7. The first-order valence-corrected chi connectivity index (χ1v) is 9.10. The molecule has 1 saturated heterocycles. The summed E-state index contributed by atoms with van der Waals surface area (Å²) in [6, 6.07) is 10.9. The highest BCUT2D eigenvalue weighted by Crippen LogP contribution is 2.36. The Balaban J connectivity index is 1.75. The van der Waals surface area contributed by atoms with Crippen LogP contribution in [0.4, 0.5) is 5.69 Å². The highest BCUT2D eigenvalue weighted by molar-refractivity contribution is 6.32. The van der Waals surface area contributed by atoms with Gasteiger partial charge in [-0.05, 0) is 17.7 Å². The van der Waals surface area contributed by atoms with Crippen molar-refractivity contribution in [3.8, 4) is 11.5 Å². The average molecular weight is 391 g/mol. The highest BCUT2D eigenvalue weighted by Gasteiger charge is 2.15. The predicted octanol–water partition coefficient (Wildman–Crippen LogP) is 3.44. The van der Waals surface area contributed by atoms with Gasteiger partial charge in [0.1, 0.15) is 11.5 Å². The fraction of sp³-hybridized carbons (Fsp3) is 0.350. The zero-order valence-electron chi connectivity index (χ0n) is 15.5. The summed E-state index contributed by atoms with van der Waals surface area (Å²) in [6.07, 6.45) is 0. The topological polar surface area (TPSA) is 60.0 Å². The van der Waals surface area contributed by atoms with E-state index in [0.717, 1.165) is 38.4 Å². The standard InChI is InChI=1S/C20H23ClN2O4/c1-25-18-12-17(19(26-2)11-16(18)21)22-20(24)15-5-3-4-14(10-15)13-23-6-8-27-9-7-23/h3-5,10-12H,6-9,13H2,1-2H3,(H,22,24). The minimum atomic E-state index is -0.221. The molecule has 0 radical (unpaired) electrons. The number of ether oxygens (including phenoxy) is 3. The van der Waals surface area contributed by atoms with Gasteiger partial charge < -0.3 is 19.5 Å². The molecule has 1 aliphatic rings. The third-order valence-corrected chi connectivity index (χ3v) is 4.72. The van der Waals surface area contributed by atoms with Crippen molar-refractivity contribution in [3.05, 3.63) is 52.5 Å². The number of hydrogen-bond acceptors (Lipinski definition) is 5. The molecule has 6 nitrogen and oxygen atoms in total. The number of carbonyl (C=O) groups excluding carboxylic acids is 1. The molecule has 0 aromatic heterocycles. The van der Waals surface area contributed by atoms with Crippen LogP contribution in [0.25, 0.3) is 0 Å². The molecule has 0 saturated carbocycles. The van der Waals surface area contributed by atoms with E-state index in [2.05, 4.69) is 10.2 Å². The van der Waals surface area contributed by atoms with E-state index < -0.39 is 0 Å². The molecule has 0 spiro atoms. The Bertz CT molecular complexity index is 807. The number of amides is 1. The van der Waals surface area contributed by atoms with Crippen molar-refractivity contribution in [3.63, 3.8) is 0 Å². The Morgan fingerprint density at radius 1 is 1.15 bits per heavy atom. The van der Waals surface area contributed by atoms with Crippen LogP contribution >= 0.6 is 11.6 Å². The third kappa shape index (κ3) is 4.91. The van der Waals surface area contributed by atoms with Gasteiger partial charge in [-0.1, -0.05) is 23.7 Å². The molecular weight excluding hydrogens is 368 g/mol. The molecule has 27 heavy (non-hydrogen) atoms. The fourth-order valence-electron chi connectivity index (χ4n) is 2.98. The van der Waals surface area contributed by atoms with Crippen LogP contribution in [0.1, 0.15) is 15.9 Å². The molecule has 2 aromatic rings. The molecule has 0 aliphatic carbocycles. The predicted molar refractivity (Wildman–Crippen MR) is 105 cm³/mol. The second-order valence-corrected chi connectivity index (χ2v) is 6.64. The summed E-state index contributed by atoms with van der Waals surface area (Å²) in [7, 11) is 3.05. The van der Waals surface area contributed by atoms with Gasteiger partial charge >= 0.3 is 0 Å². The van der Waals surface area contributed by atoms with Crippen LogP contribution in [0, 0.1) is 0 Å². The van der Waals surface area contributed by atoms with Crippen molar-refractivity contribution in [2.45, 2.75) is 6.54 Å². The molecule has 1 N–H and O–H groups in total. The first kappa shape index (κ1) is 19.5. The van der Waals surface area contributed by atoms with E-state index in [1.165, 1.54) is 14.2 Å². The van der Waals surface area contributed by atoms with Gasteiger partial charge in [-0.15, -0.1) is 0 Å². The van der Waals surface area contributed by atoms with Gasteiger partial charge in [0.2, 0.25) is 0 Å². The van der Waals surface area contributed by atoms with Crippen molar-refractivity contribution < 1.29 is 19.0 Å². The third-order valence-electron chi connectivity index (χ3n) is 4.42. The molecule has 0 bridgehead atoms. The highest BCUT2D eigenvalue weighted by atomic mass is 35.5. The lowest BCUT2D eigenvalue weighted by Crippen LogP contribution is -2.35. The van der Waals surface area contributed by atoms with E-state index in [4.69, 9.17) is 25.8 Å². The molecule has 1 fully saturated rings. The second-order valence-electron chi connectivity index (χ2n) is 6.23. The lowest BCUT2D eigenvalue weighted by Gasteiger charge is -2.26. The van der Waals surface area contributed by atoms with Crippen molar-refractivity contribution in [1.29, 1.82) is 0 Å². The van der Waals surface area contributed by atoms with Crippen LogP contribution in [-0.4, -0.2) is 51.3 Å². The number of hydrogen-bond donors (Lipinski definition) is 1. The van der Waals surface area contributed by atoms with Gasteiger partial charge in [0, 0.05) is 37.3 Å². The number of anilines is 1. The van der Waals surface area contributed by atoms with E-state index >= 15 is 0 Å². The van der Waals surface area contributed by atoms with E-state index in [-0.39, 0.29) is 5.91 Å². The van der Waals surface area contributed by atoms with Crippen LogP contribution in [0.15, 0.2) is 36.4 Å². The zero-order chi connectivity index (χ0) is 19.2. The van der Waals surface area contributed by atoms with Gasteiger partial charge in [0.25, 0.3) is 5.91 Å². The van der Waals surface area contributed by atoms with Crippen molar-refractivity contribution in [2.24, 2.45) is 0 Å². The summed E-state index contributed by atoms with van der Waals surface area (Å²) in [5, 5.41) is 3.29. The Morgan fingerprint density at radius 3 is 2.59 bits per heavy atom. The van der Waals surface area contributed by atoms with Crippen LogP contribution in [0.2, 0.25) is 5.02 Å². The molecular formula is C20H23ClN2O4. The van der Waals surface area contributed by atoms with Gasteiger partial charge in [0.05, 0.1) is 38.1 Å². The second kappa shape index (κ2) is 9.08. The monoisotopic (exact) mass is 390 g/mol. The first-order chi connectivity index (χ1) is 13.1. The number of morpholine rings is 1. The number of rotatable bonds is 6. The summed E-state index contributed by atoms with van der Waals surface area (Å²) in [5.74, 6) is 0.717. The Kier molecular flexibility index (Phi) is 6.55. The maximum atomic E-state index is 12.7. The minimum Gasteiger partial charge on any atom is -0.495 e. The summed E-state index contributed by atoms with van der Waals surface area (Å²) < 4.78 is 15.9. The number of methoxy groups -OCH3 is 2. The van der Waals surface area contributed by atoms with Crippen molar-refractivity contribution >= 4 is 23.2 Å². The zero-order valence-corrected chi connectivity index (χ0v) is 16.2. The van der Waals surface area contributed by atoms with Gasteiger partial charge in [-0.25, -0.2) is 0 Å². The van der Waals surface area contributed by atoms with E-state index in [1.54, 1.807) is 18.2 Å². The lowest BCUT2D eigenvalue weighted by molar-refractivity contribution is 0.0342. The van der Waals surface area contributed by atoms with E-state index in [9.17, 15) is 4.79 Å². The van der Waals surface area contributed by atoms with Crippen LogP contribution in [0.5, 0.6) is 11.5 Å². The minimum absolute atomic E-state index is 0.221. The normalized spacial score (nSPS) is 14.6. The van der Waals surface area contributed by atoms with Crippen LogP contribution in [0.3, 0.4) is 0 Å².